The number of H-pyrrole nitrogens is 1. The number of nitrogens with two attached hydrogens (primary N) is 1. The van der Waals surface area contributed by atoms with E-state index in [1.165, 1.54) is 0 Å². The van der Waals surface area contributed by atoms with E-state index in [4.69, 9.17) is 5.73 Å². The van der Waals surface area contributed by atoms with E-state index < -0.39 is 0 Å². The predicted molar refractivity (Wildman–Crippen MR) is 61.5 cm³/mol. The van der Waals surface area contributed by atoms with Crippen molar-refractivity contribution in [3.8, 4) is 0 Å². The molecule has 4 nitrogen and oxygen atoms in total. The molecule has 1 aromatic heterocycles. The van der Waals surface area contributed by atoms with Crippen molar-refractivity contribution in [3.05, 3.63) is 42.2 Å². The standard InChI is InChI=1S/C11H14N4/c1-8(9-6-13-14-7-9)15-11-4-2-10(12)3-5-11/h2-8,15H,12H2,1H3,(H,13,14). The summed E-state index contributed by atoms with van der Waals surface area (Å²) in [6.07, 6.45) is 3.70. The maximum Gasteiger partial charge on any atom is 0.0539 e. The van der Waals surface area contributed by atoms with Gasteiger partial charge in [-0.3, -0.25) is 5.10 Å². The molecule has 0 bridgehead atoms. The Morgan fingerprint density at radius 2 is 2.07 bits per heavy atom. The van der Waals surface area contributed by atoms with Crippen molar-refractivity contribution in [2.75, 3.05) is 11.1 Å². The van der Waals surface area contributed by atoms with E-state index in [1.807, 2.05) is 36.7 Å². The highest BCUT2D eigenvalue weighted by Gasteiger charge is 2.05. The van der Waals surface area contributed by atoms with Crippen LogP contribution in [0.5, 0.6) is 0 Å². The van der Waals surface area contributed by atoms with Crippen LogP contribution in [-0.4, -0.2) is 10.2 Å². The SMILES string of the molecule is CC(Nc1ccc(N)cc1)c1cn[nH]c1. The van der Waals surface area contributed by atoms with Crippen molar-refractivity contribution in [2.45, 2.75) is 13.0 Å². The number of anilines is 2. The summed E-state index contributed by atoms with van der Waals surface area (Å²) in [5, 5.41) is 10.1. The molecule has 2 aromatic rings. The Kier molecular flexibility index (Phi) is 2.58. The van der Waals surface area contributed by atoms with Crippen LogP contribution < -0.4 is 11.1 Å². The molecule has 1 unspecified atom stereocenters. The lowest BCUT2D eigenvalue weighted by atomic mass is 10.2. The Balaban J connectivity index is 2.06. The van der Waals surface area contributed by atoms with E-state index in [-0.39, 0.29) is 6.04 Å². The molecule has 0 aliphatic carbocycles. The molecule has 1 atom stereocenters. The van der Waals surface area contributed by atoms with Gasteiger partial charge in [0.1, 0.15) is 0 Å². The lowest BCUT2D eigenvalue weighted by Crippen LogP contribution is -2.05. The number of rotatable bonds is 3. The average Bonchev–Trinajstić information content (AvgIpc) is 2.74. The summed E-state index contributed by atoms with van der Waals surface area (Å²) in [6, 6.07) is 7.92. The Labute approximate surface area is 88.5 Å². The molecule has 0 saturated heterocycles. The highest BCUT2D eigenvalue weighted by molar-refractivity contribution is 5.52. The number of nitrogen functional groups attached to an aromatic ring is 1. The van der Waals surface area contributed by atoms with Crippen LogP contribution in [0, 0.1) is 0 Å². The fraction of sp³-hybridized carbons (Fsp3) is 0.182. The molecule has 78 valence electrons. The van der Waals surface area contributed by atoms with Crippen LogP contribution in [-0.2, 0) is 0 Å². The van der Waals surface area contributed by atoms with Crippen LogP contribution in [0.2, 0.25) is 0 Å². The first-order chi connectivity index (χ1) is 7.25. The number of hydrogen-bond acceptors (Lipinski definition) is 3. The topological polar surface area (TPSA) is 66.7 Å². The van der Waals surface area contributed by atoms with Crippen LogP contribution in [0.25, 0.3) is 0 Å². The van der Waals surface area contributed by atoms with Gasteiger partial charge in [0.05, 0.1) is 12.2 Å². The quantitative estimate of drug-likeness (QED) is 0.668. The molecule has 15 heavy (non-hydrogen) atoms. The third-order valence-corrected chi connectivity index (χ3v) is 2.31. The lowest BCUT2D eigenvalue weighted by Gasteiger charge is -2.13. The van der Waals surface area contributed by atoms with Crippen molar-refractivity contribution in [1.82, 2.24) is 10.2 Å². The van der Waals surface area contributed by atoms with E-state index >= 15 is 0 Å². The Morgan fingerprint density at radius 1 is 1.33 bits per heavy atom. The smallest absolute Gasteiger partial charge is 0.0539 e. The van der Waals surface area contributed by atoms with Gasteiger partial charge in [-0.15, -0.1) is 0 Å². The van der Waals surface area contributed by atoms with Crippen LogP contribution in [0.1, 0.15) is 18.5 Å². The monoisotopic (exact) mass is 202 g/mol. The van der Waals surface area contributed by atoms with Crippen LogP contribution in [0.3, 0.4) is 0 Å². The summed E-state index contributed by atoms with van der Waals surface area (Å²) in [5.41, 5.74) is 8.57. The molecule has 0 saturated carbocycles. The summed E-state index contributed by atoms with van der Waals surface area (Å²) in [7, 11) is 0. The highest BCUT2D eigenvalue weighted by Crippen LogP contribution is 2.18. The second-order valence-corrected chi connectivity index (χ2v) is 3.52. The number of aromatic amines is 1. The molecule has 0 aliphatic rings. The van der Waals surface area contributed by atoms with Gasteiger partial charge in [0.25, 0.3) is 0 Å². The third kappa shape index (κ3) is 2.28. The molecule has 4 N–H and O–H groups in total. The molecule has 0 fully saturated rings. The highest BCUT2D eigenvalue weighted by atomic mass is 15.1. The number of nitrogens with one attached hydrogen (secondary N) is 2. The molecule has 2 rings (SSSR count). The molecule has 4 heteroatoms. The van der Waals surface area contributed by atoms with Crippen molar-refractivity contribution in [3.63, 3.8) is 0 Å². The fourth-order valence-electron chi connectivity index (χ4n) is 1.41. The zero-order valence-electron chi connectivity index (χ0n) is 8.57. The molecule has 1 heterocycles. The van der Waals surface area contributed by atoms with Gasteiger partial charge < -0.3 is 11.1 Å². The lowest BCUT2D eigenvalue weighted by molar-refractivity contribution is 0.886. The molecule has 0 amide bonds. The van der Waals surface area contributed by atoms with Crippen molar-refractivity contribution in [1.29, 1.82) is 0 Å². The minimum atomic E-state index is 0.229. The van der Waals surface area contributed by atoms with Crippen molar-refractivity contribution >= 4 is 11.4 Å². The van der Waals surface area contributed by atoms with E-state index in [1.54, 1.807) is 0 Å². The first-order valence-electron chi connectivity index (χ1n) is 4.86. The largest absolute Gasteiger partial charge is 0.399 e. The van der Waals surface area contributed by atoms with Gasteiger partial charge in [0.15, 0.2) is 0 Å². The Morgan fingerprint density at radius 3 is 2.67 bits per heavy atom. The Bertz CT molecular complexity index is 405. The fourth-order valence-corrected chi connectivity index (χ4v) is 1.41. The van der Waals surface area contributed by atoms with Gasteiger partial charge in [-0.25, -0.2) is 0 Å². The minimum absolute atomic E-state index is 0.229. The van der Waals surface area contributed by atoms with E-state index in [2.05, 4.69) is 22.4 Å². The first kappa shape index (κ1) is 9.58. The van der Waals surface area contributed by atoms with Crippen molar-refractivity contribution < 1.29 is 0 Å². The summed E-state index contributed by atoms with van der Waals surface area (Å²) in [6.45, 7) is 2.08. The maximum atomic E-state index is 5.61. The van der Waals surface area contributed by atoms with Crippen LogP contribution >= 0.6 is 0 Å². The second kappa shape index (κ2) is 4.04. The molecular weight excluding hydrogens is 188 g/mol. The van der Waals surface area contributed by atoms with E-state index in [0.29, 0.717) is 0 Å². The van der Waals surface area contributed by atoms with Gasteiger partial charge in [-0.05, 0) is 31.2 Å². The number of benzene rings is 1. The first-order valence-corrected chi connectivity index (χ1v) is 4.86. The zero-order chi connectivity index (χ0) is 10.7. The van der Waals surface area contributed by atoms with Crippen LogP contribution in [0.4, 0.5) is 11.4 Å². The van der Waals surface area contributed by atoms with Crippen molar-refractivity contribution in [2.24, 2.45) is 0 Å². The molecule has 0 spiro atoms. The zero-order valence-corrected chi connectivity index (χ0v) is 8.57. The van der Waals surface area contributed by atoms with Crippen LogP contribution in [0.15, 0.2) is 36.7 Å². The molecule has 0 radical (unpaired) electrons. The summed E-state index contributed by atoms with van der Waals surface area (Å²) in [4.78, 5) is 0. The summed E-state index contributed by atoms with van der Waals surface area (Å²) in [5.74, 6) is 0. The average molecular weight is 202 g/mol. The normalized spacial score (nSPS) is 12.3. The summed E-state index contributed by atoms with van der Waals surface area (Å²) >= 11 is 0. The molecule has 1 aromatic carbocycles. The Hall–Kier alpha value is -1.97. The van der Waals surface area contributed by atoms with Gasteiger partial charge >= 0.3 is 0 Å². The van der Waals surface area contributed by atoms with Gasteiger partial charge in [-0.2, -0.15) is 5.10 Å². The maximum absolute atomic E-state index is 5.61. The van der Waals surface area contributed by atoms with E-state index in [9.17, 15) is 0 Å². The second-order valence-electron chi connectivity index (χ2n) is 3.52. The van der Waals surface area contributed by atoms with Gasteiger partial charge in [-0.1, -0.05) is 0 Å². The van der Waals surface area contributed by atoms with Gasteiger partial charge in [0.2, 0.25) is 0 Å². The predicted octanol–water partition coefficient (Wildman–Crippen LogP) is 2.17. The minimum Gasteiger partial charge on any atom is -0.399 e. The summed E-state index contributed by atoms with van der Waals surface area (Å²) < 4.78 is 0. The molecule has 0 aliphatic heterocycles. The van der Waals surface area contributed by atoms with Gasteiger partial charge in [0, 0.05) is 23.1 Å². The number of hydrogen-bond donors (Lipinski definition) is 3. The number of aromatic nitrogens is 2. The van der Waals surface area contributed by atoms with E-state index in [0.717, 1.165) is 16.9 Å². The number of nitrogens with zero attached hydrogens (tertiary/aromatic N) is 1. The molecular formula is C11H14N4. The third-order valence-electron chi connectivity index (χ3n) is 2.31.